The highest BCUT2D eigenvalue weighted by Gasteiger charge is 2.20. The van der Waals surface area contributed by atoms with Crippen LogP contribution in [0.15, 0.2) is 29.6 Å². The first-order valence-electron chi connectivity index (χ1n) is 5.07. The number of halogens is 2. The molecule has 2 N–H and O–H groups in total. The van der Waals surface area contributed by atoms with Crippen LogP contribution in [0.5, 0.6) is 0 Å². The summed E-state index contributed by atoms with van der Waals surface area (Å²) in [6.07, 6.45) is 0. The average molecular weight is 283 g/mol. The van der Waals surface area contributed by atoms with Crippen molar-refractivity contribution in [2.45, 2.75) is 0 Å². The molecule has 1 aromatic heterocycles. The van der Waals surface area contributed by atoms with Gasteiger partial charge in [0, 0.05) is 0 Å². The molecule has 0 aliphatic carbocycles. The van der Waals surface area contributed by atoms with Crippen LogP contribution in [-0.2, 0) is 0 Å². The summed E-state index contributed by atoms with van der Waals surface area (Å²) in [6.45, 7) is 0. The van der Waals surface area contributed by atoms with Gasteiger partial charge in [0.05, 0.1) is 5.56 Å². The largest absolute Gasteiger partial charge is 0.478 e. The van der Waals surface area contributed by atoms with Gasteiger partial charge in [0.1, 0.15) is 22.2 Å². The zero-order valence-electron chi connectivity index (χ0n) is 9.31. The molecular weight excluding hydrogens is 276 g/mol. The third-order valence-corrected chi connectivity index (χ3v) is 3.14. The van der Waals surface area contributed by atoms with Gasteiger partial charge in [-0.15, -0.1) is 11.3 Å². The van der Waals surface area contributed by atoms with E-state index in [0.717, 1.165) is 29.5 Å². The summed E-state index contributed by atoms with van der Waals surface area (Å²) in [5, 5.41) is 12.5. The quantitative estimate of drug-likeness (QED) is 0.910. The molecule has 0 aliphatic rings. The highest BCUT2D eigenvalue weighted by atomic mass is 32.1. The fourth-order valence-electron chi connectivity index (χ4n) is 1.45. The molecule has 4 nitrogen and oxygen atoms in total. The first-order chi connectivity index (χ1) is 9.00. The number of rotatable bonds is 3. The number of aromatic carboxylic acids is 1. The molecule has 1 amide bonds. The van der Waals surface area contributed by atoms with E-state index in [9.17, 15) is 18.4 Å². The third kappa shape index (κ3) is 2.60. The Hall–Kier alpha value is -2.28. The lowest BCUT2D eigenvalue weighted by molar-refractivity contribution is 0.0698. The number of amides is 1. The Morgan fingerprint density at radius 3 is 2.37 bits per heavy atom. The van der Waals surface area contributed by atoms with E-state index in [0.29, 0.717) is 0 Å². The van der Waals surface area contributed by atoms with Gasteiger partial charge in [-0.25, -0.2) is 13.6 Å². The van der Waals surface area contributed by atoms with Gasteiger partial charge in [-0.3, -0.25) is 4.79 Å². The summed E-state index contributed by atoms with van der Waals surface area (Å²) in [6, 6.07) is 4.32. The normalized spacial score (nSPS) is 10.2. The summed E-state index contributed by atoms with van der Waals surface area (Å²) in [7, 11) is 0. The summed E-state index contributed by atoms with van der Waals surface area (Å²) in [4.78, 5) is 22.6. The minimum Gasteiger partial charge on any atom is -0.478 e. The summed E-state index contributed by atoms with van der Waals surface area (Å²) >= 11 is 0.955. The van der Waals surface area contributed by atoms with Crippen LogP contribution in [0.2, 0.25) is 0 Å². The molecule has 0 fully saturated rings. The van der Waals surface area contributed by atoms with Crippen molar-refractivity contribution < 1.29 is 23.5 Å². The lowest BCUT2D eigenvalue weighted by atomic mass is 10.2. The number of anilines is 1. The number of thiophene rings is 1. The van der Waals surface area contributed by atoms with E-state index in [2.05, 4.69) is 5.32 Å². The van der Waals surface area contributed by atoms with E-state index >= 15 is 0 Å². The first-order valence-corrected chi connectivity index (χ1v) is 5.95. The number of benzene rings is 1. The van der Waals surface area contributed by atoms with E-state index in [1.807, 2.05) is 0 Å². The van der Waals surface area contributed by atoms with Gasteiger partial charge in [0.2, 0.25) is 0 Å². The molecular formula is C12H7F2NO3S. The van der Waals surface area contributed by atoms with Gasteiger partial charge in [0.25, 0.3) is 5.91 Å². The van der Waals surface area contributed by atoms with Crippen LogP contribution in [0.3, 0.4) is 0 Å². The SMILES string of the molecule is O=C(O)c1ccsc1NC(=O)c1c(F)cccc1F. The fraction of sp³-hybridized carbons (Fsp3) is 0. The monoisotopic (exact) mass is 283 g/mol. The molecule has 0 unspecified atom stereocenters. The van der Waals surface area contributed by atoms with Crippen LogP contribution >= 0.6 is 11.3 Å². The van der Waals surface area contributed by atoms with Crippen molar-refractivity contribution in [3.63, 3.8) is 0 Å². The zero-order chi connectivity index (χ0) is 14.0. The zero-order valence-corrected chi connectivity index (χ0v) is 10.1. The van der Waals surface area contributed by atoms with Crippen molar-refractivity contribution in [1.82, 2.24) is 0 Å². The van der Waals surface area contributed by atoms with Crippen molar-refractivity contribution in [1.29, 1.82) is 0 Å². The highest BCUT2D eigenvalue weighted by molar-refractivity contribution is 7.14. The summed E-state index contributed by atoms with van der Waals surface area (Å²) < 4.78 is 26.7. The van der Waals surface area contributed by atoms with Gasteiger partial charge < -0.3 is 10.4 Å². The Kier molecular flexibility index (Phi) is 3.57. The van der Waals surface area contributed by atoms with Crippen LogP contribution in [0.1, 0.15) is 20.7 Å². The van der Waals surface area contributed by atoms with Gasteiger partial charge in [-0.1, -0.05) is 6.07 Å². The van der Waals surface area contributed by atoms with E-state index in [4.69, 9.17) is 5.11 Å². The second-order valence-electron chi connectivity index (χ2n) is 3.52. The molecule has 0 atom stereocenters. The van der Waals surface area contributed by atoms with Crippen LogP contribution in [-0.4, -0.2) is 17.0 Å². The molecule has 19 heavy (non-hydrogen) atoms. The van der Waals surface area contributed by atoms with Gasteiger partial charge in [0.15, 0.2) is 0 Å². The van der Waals surface area contributed by atoms with Crippen LogP contribution < -0.4 is 5.32 Å². The minimum atomic E-state index is -1.23. The Balaban J connectivity index is 2.31. The molecule has 1 heterocycles. The molecule has 0 bridgehead atoms. The molecule has 98 valence electrons. The lowest BCUT2D eigenvalue weighted by Gasteiger charge is -2.06. The van der Waals surface area contributed by atoms with Crippen LogP contribution in [0.25, 0.3) is 0 Å². The number of hydrogen-bond acceptors (Lipinski definition) is 3. The van der Waals surface area contributed by atoms with Gasteiger partial charge in [-0.2, -0.15) is 0 Å². The highest BCUT2D eigenvalue weighted by Crippen LogP contribution is 2.24. The maximum Gasteiger partial charge on any atom is 0.338 e. The summed E-state index contributed by atoms with van der Waals surface area (Å²) in [5.74, 6) is -4.28. The molecule has 2 aromatic rings. The van der Waals surface area contributed by atoms with E-state index in [-0.39, 0.29) is 10.6 Å². The Morgan fingerprint density at radius 2 is 1.79 bits per heavy atom. The van der Waals surface area contributed by atoms with Crippen molar-refractivity contribution >= 4 is 28.2 Å². The molecule has 0 aliphatic heterocycles. The second-order valence-corrected chi connectivity index (χ2v) is 4.44. The smallest absolute Gasteiger partial charge is 0.338 e. The maximum atomic E-state index is 13.4. The molecule has 0 saturated heterocycles. The summed E-state index contributed by atoms with van der Waals surface area (Å²) in [5.41, 5.74) is -0.873. The van der Waals surface area contributed by atoms with Crippen molar-refractivity contribution in [2.24, 2.45) is 0 Å². The number of carboxylic acids is 1. The fourth-order valence-corrected chi connectivity index (χ4v) is 2.23. The van der Waals surface area contributed by atoms with Gasteiger partial charge >= 0.3 is 5.97 Å². The van der Waals surface area contributed by atoms with E-state index in [1.54, 1.807) is 0 Å². The standard InChI is InChI=1S/C12H7F2NO3S/c13-7-2-1-3-8(14)9(7)10(16)15-11-6(12(17)18)4-5-19-11/h1-5H,(H,15,16)(H,17,18). The van der Waals surface area contributed by atoms with Crippen molar-refractivity contribution in [3.8, 4) is 0 Å². The Morgan fingerprint density at radius 1 is 1.16 bits per heavy atom. The minimum absolute atomic E-state index is 0.0279. The Bertz CT molecular complexity index is 634. The average Bonchev–Trinajstić information content (AvgIpc) is 2.76. The Labute approximate surface area is 110 Å². The first kappa shape index (κ1) is 13.2. The van der Waals surface area contributed by atoms with Crippen LogP contribution in [0.4, 0.5) is 13.8 Å². The molecule has 1 aromatic carbocycles. The predicted octanol–water partition coefficient (Wildman–Crippen LogP) is 2.98. The topological polar surface area (TPSA) is 66.4 Å². The molecule has 0 spiro atoms. The lowest BCUT2D eigenvalue weighted by Crippen LogP contribution is -2.16. The number of carbonyl (C=O) groups is 2. The molecule has 2 rings (SSSR count). The maximum absolute atomic E-state index is 13.4. The van der Waals surface area contributed by atoms with Crippen LogP contribution in [0, 0.1) is 11.6 Å². The van der Waals surface area contributed by atoms with Crippen molar-refractivity contribution in [2.75, 3.05) is 5.32 Å². The molecule has 0 radical (unpaired) electrons. The van der Waals surface area contributed by atoms with E-state index < -0.39 is 29.1 Å². The number of carbonyl (C=O) groups excluding carboxylic acids is 1. The molecule has 7 heteroatoms. The molecule has 0 saturated carbocycles. The van der Waals surface area contributed by atoms with Gasteiger partial charge in [-0.05, 0) is 23.6 Å². The predicted molar refractivity (Wildman–Crippen MR) is 65.6 cm³/mol. The third-order valence-electron chi connectivity index (χ3n) is 2.31. The van der Waals surface area contributed by atoms with E-state index in [1.165, 1.54) is 11.4 Å². The number of carboxylic acid groups (broad SMARTS) is 1. The number of nitrogens with one attached hydrogen (secondary N) is 1. The second kappa shape index (κ2) is 5.15. The number of hydrogen-bond donors (Lipinski definition) is 2. The van der Waals surface area contributed by atoms with Crippen molar-refractivity contribution in [3.05, 3.63) is 52.4 Å².